The third-order valence-corrected chi connectivity index (χ3v) is 7.77. The average Bonchev–Trinajstić information content (AvgIpc) is 3.26. The van der Waals surface area contributed by atoms with Gasteiger partial charge in [0, 0.05) is 59.9 Å². The van der Waals surface area contributed by atoms with Gasteiger partial charge in [0.15, 0.2) is 5.82 Å². The number of benzene rings is 1. The lowest BCUT2D eigenvalue weighted by molar-refractivity contribution is -0.0496. The van der Waals surface area contributed by atoms with Crippen LogP contribution in [-0.4, -0.2) is 72.6 Å². The van der Waals surface area contributed by atoms with Gasteiger partial charge >= 0.3 is 0 Å². The maximum absolute atomic E-state index is 15.1. The molecule has 0 radical (unpaired) electrons. The summed E-state index contributed by atoms with van der Waals surface area (Å²) in [4.78, 5) is 3.93. The summed E-state index contributed by atoms with van der Waals surface area (Å²) in [7, 11) is 1.88. The molecule has 3 saturated heterocycles. The molecule has 3 aliphatic rings. The minimum Gasteiger partial charge on any atom is -0.355 e. The molecule has 6 heterocycles. The molecule has 0 saturated carbocycles. The van der Waals surface area contributed by atoms with E-state index in [0.717, 1.165) is 6.42 Å². The number of H-pyrrole nitrogens is 2. The van der Waals surface area contributed by atoms with E-state index in [4.69, 9.17) is 0 Å². The van der Waals surface area contributed by atoms with Crippen molar-refractivity contribution < 1.29 is 13.2 Å². The average molecular weight is 466 g/mol. The van der Waals surface area contributed by atoms with E-state index in [1.54, 1.807) is 24.7 Å². The Morgan fingerprint density at radius 3 is 2.76 bits per heavy atom. The standard InChI is InChI=1S/C23H21F3N8/c1-33(12-4-17-18-7-23(25,26)19(5-12)34(17)18)20-3-2-16(30-31-20)13-6-15(24)21(11-8-27-28-9-11)14-10-29-32-22(13)14/h2-3,6,8-10,12,17-19H,4-5,7H2,1H3,(H,27,28)(H,29,32). The minimum atomic E-state index is -2.61. The molecule has 0 bridgehead atoms. The first kappa shape index (κ1) is 20.0. The first-order chi connectivity index (χ1) is 16.4. The van der Waals surface area contributed by atoms with Crippen molar-refractivity contribution in [2.24, 2.45) is 0 Å². The number of aromatic nitrogens is 6. The third kappa shape index (κ3) is 2.76. The summed E-state index contributed by atoms with van der Waals surface area (Å²) in [5, 5.41) is 23.0. The van der Waals surface area contributed by atoms with Crippen LogP contribution in [0.5, 0.6) is 0 Å². The van der Waals surface area contributed by atoms with E-state index in [9.17, 15) is 8.78 Å². The van der Waals surface area contributed by atoms with Gasteiger partial charge in [-0.15, -0.1) is 10.2 Å². The number of rotatable bonds is 4. The highest BCUT2D eigenvalue weighted by Gasteiger charge is 2.70. The minimum absolute atomic E-state index is 0.00864. The number of hydrogen-bond acceptors (Lipinski definition) is 6. The van der Waals surface area contributed by atoms with Crippen LogP contribution in [0.25, 0.3) is 33.3 Å². The molecule has 174 valence electrons. The number of hydrogen-bond donors (Lipinski definition) is 2. The van der Waals surface area contributed by atoms with E-state index < -0.39 is 17.8 Å². The summed E-state index contributed by atoms with van der Waals surface area (Å²) in [5.74, 6) is -2.42. The number of halogens is 3. The van der Waals surface area contributed by atoms with Crippen molar-refractivity contribution in [3.63, 3.8) is 0 Å². The van der Waals surface area contributed by atoms with E-state index in [0.29, 0.717) is 45.5 Å². The summed E-state index contributed by atoms with van der Waals surface area (Å²) >= 11 is 0. The molecular formula is C23H21F3N8. The lowest BCUT2D eigenvalue weighted by atomic mass is 9.89. The topological polar surface area (TPSA) is 89.4 Å². The molecule has 3 aliphatic heterocycles. The van der Waals surface area contributed by atoms with Crippen LogP contribution in [0.4, 0.5) is 19.0 Å². The van der Waals surface area contributed by atoms with Crippen molar-refractivity contribution in [1.82, 2.24) is 35.5 Å². The Labute approximate surface area is 192 Å². The monoisotopic (exact) mass is 466 g/mol. The summed E-state index contributed by atoms with van der Waals surface area (Å²) in [6.07, 6.45) is 6.02. The van der Waals surface area contributed by atoms with Gasteiger partial charge in [0.2, 0.25) is 0 Å². The zero-order valence-corrected chi connectivity index (χ0v) is 18.2. The van der Waals surface area contributed by atoms with E-state index in [-0.39, 0.29) is 24.5 Å². The van der Waals surface area contributed by atoms with Crippen LogP contribution in [0.15, 0.2) is 36.8 Å². The lowest BCUT2D eigenvalue weighted by Crippen LogP contribution is -2.49. The zero-order valence-electron chi connectivity index (χ0n) is 18.2. The van der Waals surface area contributed by atoms with Gasteiger partial charge in [-0.3, -0.25) is 15.1 Å². The normalized spacial score (nSPS) is 28.8. The highest BCUT2D eigenvalue weighted by atomic mass is 19.3. The number of aromatic amines is 2. The third-order valence-electron chi connectivity index (χ3n) is 7.77. The molecule has 7 rings (SSSR count). The first-order valence-corrected chi connectivity index (χ1v) is 11.3. The highest BCUT2D eigenvalue weighted by molar-refractivity contribution is 6.02. The lowest BCUT2D eigenvalue weighted by Gasteiger charge is -2.38. The Bertz CT molecular complexity index is 1380. The van der Waals surface area contributed by atoms with Crippen LogP contribution >= 0.6 is 0 Å². The maximum atomic E-state index is 15.1. The predicted octanol–water partition coefficient (Wildman–Crippen LogP) is 3.61. The van der Waals surface area contributed by atoms with Crippen LogP contribution in [0.1, 0.15) is 19.3 Å². The molecule has 0 amide bonds. The van der Waals surface area contributed by atoms with E-state index in [1.807, 2.05) is 22.9 Å². The summed E-state index contributed by atoms with van der Waals surface area (Å²) in [6, 6.07) is 4.58. The summed E-state index contributed by atoms with van der Waals surface area (Å²) < 4.78 is 43.7. The van der Waals surface area contributed by atoms with Crippen LogP contribution in [0, 0.1) is 5.82 Å². The van der Waals surface area contributed by atoms with Crippen molar-refractivity contribution in [3.05, 3.63) is 42.6 Å². The zero-order chi connectivity index (χ0) is 23.2. The quantitative estimate of drug-likeness (QED) is 0.447. The Hall–Kier alpha value is -3.47. The molecular weight excluding hydrogens is 445 g/mol. The van der Waals surface area contributed by atoms with Crippen molar-refractivity contribution in [1.29, 1.82) is 0 Å². The number of fused-ring (bicyclic) bond motifs is 2. The van der Waals surface area contributed by atoms with E-state index in [1.165, 1.54) is 6.07 Å². The van der Waals surface area contributed by atoms with E-state index >= 15 is 4.39 Å². The maximum Gasteiger partial charge on any atom is 0.264 e. The molecule has 3 aromatic heterocycles. The van der Waals surface area contributed by atoms with Gasteiger partial charge in [-0.25, -0.2) is 13.2 Å². The Morgan fingerprint density at radius 2 is 2.00 bits per heavy atom. The van der Waals surface area contributed by atoms with Gasteiger partial charge in [-0.2, -0.15) is 10.2 Å². The Balaban J connectivity index is 1.18. The van der Waals surface area contributed by atoms with Crippen LogP contribution in [0.3, 0.4) is 0 Å². The van der Waals surface area contributed by atoms with Crippen molar-refractivity contribution in [2.75, 3.05) is 11.9 Å². The van der Waals surface area contributed by atoms with Gasteiger partial charge in [-0.1, -0.05) is 0 Å². The van der Waals surface area contributed by atoms with Crippen molar-refractivity contribution in [3.8, 4) is 22.4 Å². The molecule has 8 nitrogen and oxygen atoms in total. The molecule has 0 spiro atoms. The number of alkyl halides is 2. The number of nitrogens with one attached hydrogen (secondary N) is 2. The summed E-state index contributed by atoms with van der Waals surface area (Å²) in [5.41, 5.74) is 2.71. The van der Waals surface area contributed by atoms with Crippen molar-refractivity contribution in [2.45, 2.75) is 49.4 Å². The molecule has 2 N–H and O–H groups in total. The molecule has 4 aromatic rings. The van der Waals surface area contributed by atoms with Gasteiger partial charge < -0.3 is 4.90 Å². The largest absolute Gasteiger partial charge is 0.355 e. The Morgan fingerprint density at radius 1 is 1.12 bits per heavy atom. The van der Waals surface area contributed by atoms with Gasteiger partial charge in [0.25, 0.3) is 5.92 Å². The molecule has 34 heavy (non-hydrogen) atoms. The SMILES string of the molecule is CN(c1ccc(-c2cc(F)c(-c3cn[nH]c3)c3cn[nH]c23)nn1)C1CC2C3CC(F)(F)C(C1)N23. The van der Waals surface area contributed by atoms with Crippen LogP contribution in [0.2, 0.25) is 0 Å². The second kappa shape index (κ2) is 6.78. The number of anilines is 1. The Kier molecular flexibility index (Phi) is 3.98. The predicted molar refractivity (Wildman–Crippen MR) is 119 cm³/mol. The fourth-order valence-corrected chi connectivity index (χ4v) is 6.02. The molecule has 3 fully saturated rings. The molecule has 5 atom stereocenters. The van der Waals surface area contributed by atoms with Gasteiger partial charge in [0.05, 0.1) is 29.6 Å². The molecule has 1 aromatic carbocycles. The smallest absolute Gasteiger partial charge is 0.264 e. The fraction of sp³-hybridized carbons (Fsp3) is 0.391. The molecule has 0 aliphatic carbocycles. The second-order valence-electron chi connectivity index (χ2n) is 9.50. The van der Waals surface area contributed by atoms with Crippen LogP contribution in [-0.2, 0) is 0 Å². The molecule has 11 heteroatoms. The number of nitrogens with zero attached hydrogens (tertiary/aromatic N) is 6. The van der Waals surface area contributed by atoms with Crippen molar-refractivity contribution >= 4 is 16.7 Å². The summed E-state index contributed by atoms with van der Waals surface area (Å²) in [6.45, 7) is 0. The highest BCUT2D eigenvalue weighted by Crippen LogP contribution is 2.57. The first-order valence-electron chi connectivity index (χ1n) is 11.3. The number of piperidine rings is 2. The second-order valence-corrected chi connectivity index (χ2v) is 9.50. The van der Waals surface area contributed by atoms with Crippen LogP contribution < -0.4 is 4.90 Å². The molecule has 5 unspecified atom stereocenters. The van der Waals surface area contributed by atoms with E-state index in [2.05, 4.69) is 30.6 Å². The van der Waals surface area contributed by atoms with Gasteiger partial charge in [-0.05, 0) is 31.0 Å². The van der Waals surface area contributed by atoms with Gasteiger partial charge in [0.1, 0.15) is 5.82 Å². The fourth-order valence-electron chi connectivity index (χ4n) is 6.02.